The molecule has 4 heterocycles. The first-order chi connectivity index (χ1) is 14.7. The molecular formula is C21H28N6O4. The number of alkyl carbamates (subject to hydrolysis) is 1. The van der Waals surface area contributed by atoms with Crippen molar-refractivity contribution in [2.75, 3.05) is 31.1 Å². The topological polar surface area (TPSA) is 110 Å². The number of pyridine rings is 1. The SMILES string of the molecule is C[C@@H]1CN(c2ccnc3nccnc23)C[C@H](C(=O)N2CC(NC(=O)OC(C)(C)C)C2)O1. The lowest BCUT2D eigenvalue weighted by atomic mass is 10.1. The number of hydrogen-bond donors (Lipinski definition) is 1. The van der Waals surface area contributed by atoms with E-state index in [0.717, 1.165) is 5.69 Å². The van der Waals surface area contributed by atoms with Crippen molar-refractivity contribution in [1.29, 1.82) is 0 Å². The van der Waals surface area contributed by atoms with Gasteiger partial charge in [-0.25, -0.2) is 19.7 Å². The zero-order chi connectivity index (χ0) is 22.2. The molecule has 0 aliphatic carbocycles. The van der Waals surface area contributed by atoms with Crippen LogP contribution < -0.4 is 10.2 Å². The van der Waals surface area contributed by atoms with E-state index in [-0.39, 0.29) is 18.1 Å². The molecule has 10 nitrogen and oxygen atoms in total. The Morgan fingerprint density at radius 2 is 1.81 bits per heavy atom. The van der Waals surface area contributed by atoms with Crippen molar-refractivity contribution >= 4 is 28.9 Å². The van der Waals surface area contributed by atoms with Crippen molar-refractivity contribution in [2.24, 2.45) is 0 Å². The molecule has 1 N–H and O–H groups in total. The average molecular weight is 428 g/mol. The van der Waals surface area contributed by atoms with E-state index in [9.17, 15) is 9.59 Å². The van der Waals surface area contributed by atoms with Gasteiger partial charge in [-0.15, -0.1) is 0 Å². The van der Waals surface area contributed by atoms with Gasteiger partial charge >= 0.3 is 6.09 Å². The van der Waals surface area contributed by atoms with Gasteiger partial charge in [0, 0.05) is 38.2 Å². The molecule has 0 bridgehead atoms. The number of rotatable bonds is 3. The summed E-state index contributed by atoms with van der Waals surface area (Å²) in [6, 6.07) is 1.77. The Labute approximate surface area is 180 Å². The second-order valence-electron chi connectivity index (χ2n) is 8.99. The van der Waals surface area contributed by atoms with Gasteiger partial charge in [-0.2, -0.15) is 0 Å². The maximum Gasteiger partial charge on any atom is 0.407 e. The lowest BCUT2D eigenvalue weighted by molar-refractivity contribution is -0.153. The summed E-state index contributed by atoms with van der Waals surface area (Å²) in [6.45, 7) is 9.33. The first-order valence-electron chi connectivity index (χ1n) is 10.4. The van der Waals surface area contributed by atoms with Crippen LogP contribution in [0.2, 0.25) is 0 Å². The summed E-state index contributed by atoms with van der Waals surface area (Å²) < 4.78 is 11.2. The fourth-order valence-electron chi connectivity index (χ4n) is 3.83. The minimum absolute atomic E-state index is 0.0803. The highest BCUT2D eigenvalue weighted by Gasteiger charge is 2.39. The van der Waals surface area contributed by atoms with Gasteiger partial charge in [0.15, 0.2) is 11.8 Å². The third-order valence-electron chi connectivity index (χ3n) is 5.14. The van der Waals surface area contributed by atoms with E-state index in [2.05, 4.69) is 25.2 Å². The average Bonchev–Trinajstić information content (AvgIpc) is 2.67. The molecule has 0 saturated carbocycles. The predicted octanol–water partition coefficient (Wildman–Crippen LogP) is 1.35. The van der Waals surface area contributed by atoms with Crippen LogP contribution in [-0.2, 0) is 14.3 Å². The second-order valence-corrected chi connectivity index (χ2v) is 8.99. The normalized spacial score (nSPS) is 22.2. The quantitative estimate of drug-likeness (QED) is 0.780. The number of nitrogens with one attached hydrogen (secondary N) is 1. The molecule has 4 rings (SSSR count). The summed E-state index contributed by atoms with van der Waals surface area (Å²) in [4.78, 5) is 41.7. The summed E-state index contributed by atoms with van der Waals surface area (Å²) in [5, 5.41) is 2.80. The van der Waals surface area contributed by atoms with E-state index < -0.39 is 17.8 Å². The second kappa shape index (κ2) is 8.26. The predicted molar refractivity (Wildman–Crippen MR) is 114 cm³/mol. The standard InChI is InChI=1S/C21H28N6O4/c1-13-9-26(15-5-6-23-18-17(15)22-7-8-24-18)12-16(30-13)19(28)27-10-14(11-27)25-20(29)31-21(2,3)4/h5-8,13-14,16H,9-12H2,1-4H3,(H,25,29)/t13-,16-/m1/s1. The molecular weight excluding hydrogens is 400 g/mol. The van der Waals surface area contributed by atoms with Gasteiger partial charge in [-0.3, -0.25) is 4.79 Å². The molecule has 2 aliphatic rings. The number of ether oxygens (including phenoxy) is 2. The van der Waals surface area contributed by atoms with E-state index in [1.807, 2.05) is 33.8 Å². The third-order valence-corrected chi connectivity index (χ3v) is 5.14. The number of nitrogens with zero attached hydrogens (tertiary/aromatic N) is 5. The zero-order valence-corrected chi connectivity index (χ0v) is 18.2. The molecule has 31 heavy (non-hydrogen) atoms. The van der Waals surface area contributed by atoms with E-state index in [1.165, 1.54) is 0 Å². The molecule has 2 fully saturated rings. The fraction of sp³-hybridized carbons (Fsp3) is 0.571. The highest BCUT2D eigenvalue weighted by molar-refractivity contribution is 5.87. The molecule has 0 spiro atoms. The van der Waals surface area contributed by atoms with Crippen molar-refractivity contribution in [1.82, 2.24) is 25.2 Å². The number of carbonyl (C=O) groups is 2. The van der Waals surface area contributed by atoms with Gasteiger partial charge in [-0.1, -0.05) is 0 Å². The molecule has 2 saturated heterocycles. The number of aromatic nitrogens is 3. The van der Waals surface area contributed by atoms with E-state index in [1.54, 1.807) is 23.5 Å². The molecule has 166 valence electrons. The Balaban J connectivity index is 1.38. The molecule has 2 aromatic heterocycles. The largest absolute Gasteiger partial charge is 0.444 e. The van der Waals surface area contributed by atoms with Gasteiger partial charge in [0.2, 0.25) is 0 Å². The van der Waals surface area contributed by atoms with Crippen molar-refractivity contribution in [3.8, 4) is 0 Å². The fourth-order valence-corrected chi connectivity index (χ4v) is 3.83. The Morgan fingerprint density at radius 3 is 2.55 bits per heavy atom. The Morgan fingerprint density at radius 1 is 1.10 bits per heavy atom. The number of morpholine rings is 1. The minimum Gasteiger partial charge on any atom is -0.444 e. The smallest absolute Gasteiger partial charge is 0.407 e. The molecule has 2 aromatic rings. The Bertz CT molecular complexity index is 966. The maximum atomic E-state index is 13.0. The van der Waals surface area contributed by atoms with Crippen LogP contribution in [-0.4, -0.2) is 81.9 Å². The summed E-state index contributed by atoms with van der Waals surface area (Å²) in [6.07, 6.45) is 3.76. The van der Waals surface area contributed by atoms with Gasteiger partial charge < -0.3 is 24.6 Å². The highest BCUT2D eigenvalue weighted by Crippen LogP contribution is 2.26. The Hall–Kier alpha value is -3.01. The minimum atomic E-state index is -0.592. The van der Waals surface area contributed by atoms with E-state index >= 15 is 0 Å². The summed E-state index contributed by atoms with van der Waals surface area (Å²) in [5.74, 6) is -0.0803. The zero-order valence-electron chi connectivity index (χ0n) is 18.2. The molecule has 0 unspecified atom stereocenters. The molecule has 0 radical (unpaired) electrons. The van der Waals surface area contributed by atoms with Gasteiger partial charge in [0.1, 0.15) is 11.1 Å². The van der Waals surface area contributed by atoms with Crippen LogP contribution in [0.4, 0.5) is 10.5 Å². The lowest BCUT2D eigenvalue weighted by Crippen LogP contribution is -2.65. The number of hydrogen-bond acceptors (Lipinski definition) is 8. The van der Waals surface area contributed by atoms with Crippen molar-refractivity contribution < 1.29 is 19.1 Å². The molecule has 2 atom stereocenters. The van der Waals surface area contributed by atoms with Gasteiger partial charge in [0.25, 0.3) is 5.91 Å². The van der Waals surface area contributed by atoms with Crippen molar-refractivity contribution in [3.05, 3.63) is 24.7 Å². The Kier molecular flexibility index (Phi) is 5.65. The number of fused-ring (bicyclic) bond motifs is 1. The first-order valence-corrected chi connectivity index (χ1v) is 10.4. The summed E-state index contributed by atoms with van der Waals surface area (Å²) in [7, 11) is 0. The van der Waals surface area contributed by atoms with Gasteiger partial charge in [0.05, 0.1) is 24.4 Å². The molecule has 10 heteroatoms. The molecule has 2 aliphatic heterocycles. The molecule has 2 amide bonds. The van der Waals surface area contributed by atoms with Crippen LogP contribution in [0.5, 0.6) is 0 Å². The number of likely N-dealkylation sites (tertiary alicyclic amines) is 1. The van der Waals surface area contributed by atoms with E-state index in [0.29, 0.717) is 37.3 Å². The third kappa shape index (κ3) is 4.84. The summed E-state index contributed by atoms with van der Waals surface area (Å²) >= 11 is 0. The number of anilines is 1. The van der Waals surface area contributed by atoms with Gasteiger partial charge in [-0.05, 0) is 33.8 Å². The number of amides is 2. The molecule has 0 aromatic carbocycles. The van der Waals surface area contributed by atoms with Crippen molar-refractivity contribution in [2.45, 2.75) is 51.5 Å². The lowest BCUT2D eigenvalue weighted by Gasteiger charge is -2.44. The van der Waals surface area contributed by atoms with Crippen LogP contribution in [0.25, 0.3) is 11.2 Å². The number of carbonyl (C=O) groups excluding carboxylic acids is 2. The van der Waals surface area contributed by atoms with Crippen molar-refractivity contribution in [3.63, 3.8) is 0 Å². The van der Waals surface area contributed by atoms with Crippen LogP contribution in [0.1, 0.15) is 27.7 Å². The first kappa shape index (κ1) is 21.2. The summed E-state index contributed by atoms with van der Waals surface area (Å²) in [5.41, 5.74) is 1.61. The maximum absolute atomic E-state index is 13.0. The van der Waals surface area contributed by atoms with Crippen LogP contribution in [0, 0.1) is 0 Å². The highest BCUT2D eigenvalue weighted by atomic mass is 16.6. The van der Waals surface area contributed by atoms with E-state index in [4.69, 9.17) is 9.47 Å². The monoisotopic (exact) mass is 428 g/mol. The van der Waals surface area contributed by atoms with Crippen LogP contribution in [0.3, 0.4) is 0 Å². The van der Waals surface area contributed by atoms with Crippen LogP contribution in [0.15, 0.2) is 24.7 Å². The van der Waals surface area contributed by atoms with Crippen LogP contribution >= 0.6 is 0 Å².